The molecule has 0 spiro atoms. The first-order valence-corrected chi connectivity index (χ1v) is 15.7. The number of morpholine rings is 1. The summed E-state index contributed by atoms with van der Waals surface area (Å²) in [7, 11) is 1.29. The number of alkyl carbamates (subject to hydrolysis) is 1. The molecular weight excluding hydrogens is 602 g/mol. The third-order valence-corrected chi connectivity index (χ3v) is 8.62. The summed E-state index contributed by atoms with van der Waals surface area (Å²) in [6.45, 7) is 1.13. The summed E-state index contributed by atoms with van der Waals surface area (Å²) in [4.78, 5) is 34.6. The fraction of sp³-hybridized carbons (Fsp3) is 0.250. The van der Waals surface area contributed by atoms with Crippen molar-refractivity contribution in [1.29, 1.82) is 0 Å². The molecule has 46 heavy (non-hydrogen) atoms. The molecule has 3 atom stereocenters. The number of methoxy groups -OCH3 is 1. The van der Waals surface area contributed by atoms with Crippen LogP contribution in [0.3, 0.4) is 0 Å². The van der Waals surface area contributed by atoms with Crippen molar-refractivity contribution >= 4 is 40.3 Å². The Labute approximate surface area is 272 Å². The van der Waals surface area contributed by atoms with E-state index in [1.807, 2.05) is 103 Å². The topological polar surface area (TPSA) is 117 Å². The molecule has 1 aliphatic heterocycles. The maximum atomic E-state index is 14.0. The van der Waals surface area contributed by atoms with Gasteiger partial charge in [0.15, 0.2) is 0 Å². The van der Waals surface area contributed by atoms with Gasteiger partial charge in [0.25, 0.3) is 0 Å². The van der Waals surface area contributed by atoms with Crippen molar-refractivity contribution in [3.8, 4) is 0 Å². The number of aryl methyl sites for hydroxylation is 1. The summed E-state index contributed by atoms with van der Waals surface area (Å²) in [6.07, 6.45) is 0.737. The smallest absolute Gasteiger partial charge is 0.407 e. The van der Waals surface area contributed by atoms with Gasteiger partial charge < -0.3 is 30.4 Å². The van der Waals surface area contributed by atoms with Crippen molar-refractivity contribution < 1.29 is 19.1 Å². The van der Waals surface area contributed by atoms with Crippen LogP contribution in [0.15, 0.2) is 103 Å². The van der Waals surface area contributed by atoms with Gasteiger partial charge in [-0.25, -0.2) is 9.78 Å². The molecule has 5 aromatic rings. The Kier molecular flexibility index (Phi) is 9.93. The molecule has 10 heteroatoms. The van der Waals surface area contributed by atoms with E-state index in [1.54, 1.807) is 0 Å². The number of benzene rings is 4. The molecular formula is C36H36ClN5O4. The molecule has 1 aliphatic rings. The molecule has 0 bridgehead atoms. The zero-order valence-electron chi connectivity index (χ0n) is 25.4. The Morgan fingerprint density at radius 2 is 1.65 bits per heavy atom. The highest BCUT2D eigenvalue weighted by molar-refractivity contribution is 6.34. The second kappa shape index (κ2) is 14.6. The number of carbonyl (C=O) groups is 2. The number of hydrogen-bond acceptors (Lipinski definition) is 6. The number of anilines is 1. The average molecular weight is 638 g/mol. The highest BCUT2D eigenvalue weighted by Gasteiger charge is 2.33. The predicted molar refractivity (Wildman–Crippen MR) is 179 cm³/mol. The number of rotatable bonds is 10. The zero-order valence-corrected chi connectivity index (χ0v) is 26.2. The van der Waals surface area contributed by atoms with Crippen molar-refractivity contribution in [3.05, 3.63) is 131 Å². The number of amides is 2. The number of fused-ring (bicyclic) bond motifs is 1. The molecule has 0 aliphatic carbocycles. The van der Waals surface area contributed by atoms with Gasteiger partial charge in [0.05, 0.1) is 41.9 Å². The molecule has 1 fully saturated rings. The first kappa shape index (κ1) is 31.3. The average Bonchev–Trinajstić information content (AvgIpc) is 3.54. The summed E-state index contributed by atoms with van der Waals surface area (Å²) in [5, 5.41) is 10.1. The Hall–Kier alpha value is -4.70. The Balaban J connectivity index is 1.14. The van der Waals surface area contributed by atoms with E-state index in [1.165, 1.54) is 7.11 Å². The summed E-state index contributed by atoms with van der Waals surface area (Å²) in [5.74, 6) is 0.0000519. The number of hydrogen-bond donors (Lipinski definition) is 4. The second-order valence-corrected chi connectivity index (χ2v) is 11.7. The maximum Gasteiger partial charge on any atom is 0.407 e. The SMILES string of the molecule is COC(=O)NC(C(=O)Nc1ccccc1CC[C@@H]1CN[C@H](c2nc3cccc(Cl)c3[nH]2)CO1)C(c1ccccc1)c1ccccc1. The van der Waals surface area contributed by atoms with Gasteiger partial charge in [-0.3, -0.25) is 4.79 Å². The van der Waals surface area contributed by atoms with Gasteiger partial charge in [-0.05, 0) is 47.7 Å². The molecule has 0 radical (unpaired) electrons. The van der Waals surface area contributed by atoms with Crippen molar-refractivity contribution in [2.24, 2.45) is 0 Å². The number of halogens is 1. The van der Waals surface area contributed by atoms with Crippen LogP contribution in [-0.2, 0) is 20.7 Å². The summed E-state index contributed by atoms with van der Waals surface area (Å²) in [5.41, 5.74) is 5.10. The monoisotopic (exact) mass is 637 g/mol. The van der Waals surface area contributed by atoms with Crippen molar-refractivity contribution in [3.63, 3.8) is 0 Å². The van der Waals surface area contributed by atoms with Gasteiger partial charge in [-0.15, -0.1) is 0 Å². The lowest BCUT2D eigenvalue weighted by molar-refractivity contribution is -0.118. The van der Waals surface area contributed by atoms with Gasteiger partial charge in [-0.2, -0.15) is 0 Å². The Morgan fingerprint density at radius 1 is 0.957 bits per heavy atom. The second-order valence-electron chi connectivity index (χ2n) is 11.3. The normalized spacial score (nSPS) is 17.0. The fourth-order valence-corrected chi connectivity index (χ4v) is 6.15. The summed E-state index contributed by atoms with van der Waals surface area (Å²) < 4.78 is 11.2. The first-order chi connectivity index (χ1) is 22.5. The van der Waals surface area contributed by atoms with E-state index in [0.717, 1.165) is 40.0 Å². The number of nitrogens with zero attached hydrogens (tertiary/aromatic N) is 1. The van der Waals surface area contributed by atoms with E-state index in [4.69, 9.17) is 21.1 Å². The Morgan fingerprint density at radius 3 is 2.30 bits per heavy atom. The van der Waals surface area contributed by atoms with Crippen LogP contribution >= 0.6 is 11.6 Å². The van der Waals surface area contributed by atoms with Crippen molar-refractivity contribution in [1.82, 2.24) is 20.6 Å². The molecule has 1 saturated heterocycles. The molecule has 1 aromatic heterocycles. The quantitative estimate of drug-likeness (QED) is 0.141. The number of para-hydroxylation sites is 2. The lowest BCUT2D eigenvalue weighted by Crippen LogP contribution is -2.48. The zero-order chi connectivity index (χ0) is 31.9. The van der Waals surface area contributed by atoms with E-state index < -0.39 is 18.1 Å². The van der Waals surface area contributed by atoms with E-state index in [0.29, 0.717) is 30.3 Å². The number of nitrogens with one attached hydrogen (secondary N) is 4. The number of aromatic amines is 1. The van der Waals surface area contributed by atoms with Gasteiger partial charge >= 0.3 is 6.09 Å². The number of carbonyl (C=O) groups excluding carboxylic acids is 2. The molecule has 0 saturated carbocycles. The fourth-order valence-electron chi connectivity index (χ4n) is 5.94. The van der Waals surface area contributed by atoms with E-state index in [-0.39, 0.29) is 18.1 Å². The third kappa shape index (κ3) is 7.23. The number of ether oxygens (including phenoxy) is 2. The lowest BCUT2D eigenvalue weighted by Gasteiger charge is -2.30. The molecule has 6 rings (SSSR count). The van der Waals surface area contributed by atoms with E-state index >= 15 is 0 Å². The van der Waals surface area contributed by atoms with Gasteiger partial charge in [0.1, 0.15) is 11.9 Å². The van der Waals surface area contributed by atoms with Crippen LogP contribution < -0.4 is 16.0 Å². The van der Waals surface area contributed by atoms with Crippen LogP contribution in [0, 0.1) is 0 Å². The minimum absolute atomic E-state index is 0.0118. The highest BCUT2D eigenvalue weighted by Crippen LogP contribution is 2.30. The highest BCUT2D eigenvalue weighted by atomic mass is 35.5. The summed E-state index contributed by atoms with van der Waals surface area (Å²) >= 11 is 6.32. The molecule has 2 heterocycles. The van der Waals surface area contributed by atoms with Crippen LogP contribution in [0.25, 0.3) is 11.0 Å². The van der Waals surface area contributed by atoms with Gasteiger partial charge in [-0.1, -0.05) is 96.5 Å². The largest absolute Gasteiger partial charge is 0.453 e. The van der Waals surface area contributed by atoms with Crippen LogP contribution in [0.1, 0.15) is 40.9 Å². The lowest BCUT2D eigenvalue weighted by atomic mass is 9.84. The first-order valence-electron chi connectivity index (χ1n) is 15.3. The Bertz CT molecular complexity index is 1730. The molecule has 4 aromatic carbocycles. The number of aromatic nitrogens is 2. The van der Waals surface area contributed by atoms with E-state index in [9.17, 15) is 9.59 Å². The summed E-state index contributed by atoms with van der Waals surface area (Å²) in [6, 6.07) is 31.7. The van der Waals surface area contributed by atoms with Crippen molar-refractivity contribution in [2.45, 2.75) is 36.9 Å². The molecule has 1 unspecified atom stereocenters. The van der Waals surface area contributed by atoms with Crippen molar-refractivity contribution in [2.75, 3.05) is 25.6 Å². The van der Waals surface area contributed by atoms with Gasteiger partial charge in [0.2, 0.25) is 5.91 Å². The van der Waals surface area contributed by atoms with Crippen LogP contribution in [0.5, 0.6) is 0 Å². The van der Waals surface area contributed by atoms with E-state index in [2.05, 4.69) is 25.9 Å². The predicted octanol–water partition coefficient (Wildman–Crippen LogP) is 6.37. The molecule has 4 N–H and O–H groups in total. The van der Waals surface area contributed by atoms with Gasteiger partial charge in [0, 0.05) is 18.2 Å². The molecule has 236 valence electrons. The van der Waals surface area contributed by atoms with Crippen LogP contribution in [-0.4, -0.2) is 54.4 Å². The minimum atomic E-state index is -0.943. The number of imidazole rings is 1. The molecule has 9 nitrogen and oxygen atoms in total. The number of H-pyrrole nitrogens is 1. The van der Waals surface area contributed by atoms with Crippen LogP contribution in [0.2, 0.25) is 5.02 Å². The third-order valence-electron chi connectivity index (χ3n) is 8.31. The molecule has 2 amide bonds. The maximum absolute atomic E-state index is 14.0. The standard InChI is InChI=1S/C36H36ClN5O4/c1-45-36(44)42-33(31(24-12-4-2-5-13-24)25-14-6-3-7-15-25)35(43)40-28-17-9-8-11-23(28)19-20-26-21-38-30(22-46-26)34-39-29-18-10-16-27(37)32(29)41-34/h2-18,26,30-31,33,38H,19-22H2,1H3,(H,39,41)(H,40,43)(H,42,44)/t26-,30+,33?/m1/s1. The van der Waals surface area contributed by atoms with Crippen LogP contribution in [0.4, 0.5) is 10.5 Å². The minimum Gasteiger partial charge on any atom is -0.453 e.